The molecule has 1 aliphatic rings. The predicted octanol–water partition coefficient (Wildman–Crippen LogP) is 3.13. The van der Waals surface area contributed by atoms with Gasteiger partial charge in [0.25, 0.3) is 0 Å². The molecule has 1 fully saturated rings. The van der Waals surface area contributed by atoms with E-state index in [4.69, 9.17) is 0 Å². The summed E-state index contributed by atoms with van der Waals surface area (Å²) in [5.74, 6) is 0. The highest BCUT2D eigenvalue weighted by molar-refractivity contribution is 7.10. The summed E-state index contributed by atoms with van der Waals surface area (Å²) in [6, 6.07) is 3.03. The van der Waals surface area contributed by atoms with Crippen LogP contribution in [-0.2, 0) is 6.42 Å². The number of hydrogen-bond donors (Lipinski definition) is 1. The van der Waals surface area contributed by atoms with Gasteiger partial charge in [0.2, 0.25) is 0 Å². The molecular weight excluding hydrogens is 190 g/mol. The Morgan fingerprint density at radius 1 is 1.43 bits per heavy atom. The normalized spacial score (nSPS) is 17.8. The quantitative estimate of drug-likeness (QED) is 0.803. The first kappa shape index (κ1) is 10.2. The Balaban J connectivity index is 1.70. The van der Waals surface area contributed by atoms with Crippen LogP contribution in [-0.4, -0.2) is 12.6 Å². The Hall–Kier alpha value is -0.340. The highest BCUT2D eigenvalue weighted by Crippen LogP contribution is 2.18. The zero-order valence-corrected chi connectivity index (χ0v) is 9.70. The Bertz CT molecular complexity index is 274. The number of aryl methyl sites for hydroxylation is 1. The van der Waals surface area contributed by atoms with E-state index in [0.717, 1.165) is 12.6 Å². The van der Waals surface area contributed by atoms with Gasteiger partial charge in [0.15, 0.2) is 0 Å². The smallest absolute Gasteiger partial charge is 0.00870 e. The fourth-order valence-electron chi connectivity index (χ4n) is 2.18. The lowest BCUT2D eigenvalue weighted by molar-refractivity contribution is 0.528. The zero-order chi connectivity index (χ0) is 9.80. The largest absolute Gasteiger partial charge is 0.314 e. The monoisotopic (exact) mass is 209 g/mol. The first-order chi connectivity index (χ1) is 6.86. The average molecular weight is 209 g/mol. The molecular formula is C12H19NS. The lowest BCUT2D eigenvalue weighted by Gasteiger charge is -2.10. The van der Waals surface area contributed by atoms with Gasteiger partial charge in [0, 0.05) is 17.5 Å². The van der Waals surface area contributed by atoms with E-state index in [2.05, 4.69) is 23.7 Å². The highest BCUT2D eigenvalue weighted by atomic mass is 32.1. The van der Waals surface area contributed by atoms with Crippen LogP contribution in [0.1, 0.15) is 36.1 Å². The van der Waals surface area contributed by atoms with E-state index in [9.17, 15) is 0 Å². The molecule has 0 radical (unpaired) electrons. The Labute approximate surface area is 90.5 Å². The van der Waals surface area contributed by atoms with Gasteiger partial charge in [-0.15, -0.1) is 11.3 Å². The molecule has 1 nitrogen and oxygen atoms in total. The van der Waals surface area contributed by atoms with Crippen molar-refractivity contribution in [2.24, 2.45) is 0 Å². The van der Waals surface area contributed by atoms with Crippen molar-refractivity contribution in [3.63, 3.8) is 0 Å². The minimum Gasteiger partial charge on any atom is -0.314 e. The fraction of sp³-hybridized carbons (Fsp3) is 0.667. The number of rotatable bonds is 4. The molecule has 0 unspecified atom stereocenters. The van der Waals surface area contributed by atoms with Crippen LogP contribution in [0.25, 0.3) is 0 Å². The first-order valence-corrected chi connectivity index (χ1v) is 6.50. The van der Waals surface area contributed by atoms with E-state index in [-0.39, 0.29) is 0 Å². The third-order valence-electron chi connectivity index (χ3n) is 3.11. The summed E-state index contributed by atoms with van der Waals surface area (Å²) in [5.41, 5.74) is 1.46. The molecule has 78 valence electrons. The summed E-state index contributed by atoms with van der Waals surface area (Å²) in [5, 5.41) is 5.85. The molecule has 0 aromatic carbocycles. The van der Waals surface area contributed by atoms with Crippen LogP contribution in [0.15, 0.2) is 11.4 Å². The van der Waals surface area contributed by atoms with Gasteiger partial charge in [0.05, 0.1) is 0 Å². The molecule has 0 aliphatic heterocycles. The molecule has 0 saturated heterocycles. The van der Waals surface area contributed by atoms with Gasteiger partial charge in [-0.25, -0.2) is 0 Å². The summed E-state index contributed by atoms with van der Waals surface area (Å²) in [6.07, 6.45) is 6.85. The molecule has 2 heteroatoms. The van der Waals surface area contributed by atoms with Crippen LogP contribution in [0, 0.1) is 6.92 Å². The molecule has 1 aromatic rings. The second-order valence-corrected chi connectivity index (χ2v) is 5.21. The van der Waals surface area contributed by atoms with E-state index in [1.807, 2.05) is 11.3 Å². The van der Waals surface area contributed by atoms with Gasteiger partial charge in [-0.1, -0.05) is 12.8 Å². The van der Waals surface area contributed by atoms with Crippen molar-refractivity contribution < 1.29 is 0 Å². The van der Waals surface area contributed by atoms with Gasteiger partial charge < -0.3 is 5.32 Å². The molecule has 0 amide bonds. The van der Waals surface area contributed by atoms with Crippen molar-refractivity contribution in [2.45, 2.75) is 45.1 Å². The van der Waals surface area contributed by atoms with Gasteiger partial charge in [-0.3, -0.25) is 0 Å². The highest BCUT2D eigenvalue weighted by Gasteiger charge is 2.13. The molecule has 0 atom stereocenters. The van der Waals surface area contributed by atoms with Crippen molar-refractivity contribution in [1.82, 2.24) is 5.32 Å². The summed E-state index contributed by atoms with van der Waals surface area (Å²) < 4.78 is 0. The Morgan fingerprint density at radius 3 is 2.86 bits per heavy atom. The second kappa shape index (κ2) is 4.94. The van der Waals surface area contributed by atoms with Gasteiger partial charge in [-0.2, -0.15) is 0 Å². The zero-order valence-electron chi connectivity index (χ0n) is 8.88. The van der Waals surface area contributed by atoms with Crippen LogP contribution in [0.4, 0.5) is 0 Å². The van der Waals surface area contributed by atoms with E-state index in [1.165, 1.54) is 37.7 Å². The first-order valence-electron chi connectivity index (χ1n) is 5.62. The summed E-state index contributed by atoms with van der Waals surface area (Å²) >= 11 is 1.89. The maximum absolute atomic E-state index is 3.65. The van der Waals surface area contributed by atoms with Crippen molar-refractivity contribution in [1.29, 1.82) is 0 Å². The van der Waals surface area contributed by atoms with Crippen molar-refractivity contribution in [3.05, 3.63) is 21.9 Å². The summed E-state index contributed by atoms with van der Waals surface area (Å²) in [4.78, 5) is 1.55. The molecule has 1 saturated carbocycles. The van der Waals surface area contributed by atoms with Crippen LogP contribution in [0.3, 0.4) is 0 Å². The molecule has 2 rings (SSSR count). The van der Waals surface area contributed by atoms with E-state index >= 15 is 0 Å². The number of hydrogen-bond acceptors (Lipinski definition) is 2. The summed E-state index contributed by atoms with van der Waals surface area (Å²) in [7, 11) is 0. The van der Waals surface area contributed by atoms with Crippen molar-refractivity contribution in [2.75, 3.05) is 6.54 Å². The third-order valence-corrected chi connectivity index (χ3v) is 4.19. The Kier molecular flexibility index (Phi) is 3.60. The van der Waals surface area contributed by atoms with Crippen LogP contribution in [0.2, 0.25) is 0 Å². The third kappa shape index (κ3) is 2.58. The standard InChI is InChI=1S/C12H19NS/c1-10-7-9-14-12(10)6-8-13-11-4-2-3-5-11/h7,9,11,13H,2-6,8H2,1H3. The topological polar surface area (TPSA) is 12.0 Å². The maximum Gasteiger partial charge on any atom is 0.00870 e. The predicted molar refractivity (Wildman–Crippen MR) is 63.0 cm³/mol. The molecule has 1 aliphatic carbocycles. The molecule has 14 heavy (non-hydrogen) atoms. The molecule has 1 heterocycles. The maximum atomic E-state index is 3.65. The van der Waals surface area contributed by atoms with Gasteiger partial charge >= 0.3 is 0 Å². The summed E-state index contributed by atoms with van der Waals surface area (Å²) in [6.45, 7) is 3.37. The minimum absolute atomic E-state index is 0.815. The molecule has 1 N–H and O–H groups in total. The number of thiophene rings is 1. The molecule has 1 aromatic heterocycles. The van der Waals surface area contributed by atoms with Crippen LogP contribution >= 0.6 is 11.3 Å². The average Bonchev–Trinajstić information content (AvgIpc) is 2.78. The minimum atomic E-state index is 0.815. The molecule has 0 bridgehead atoms. The van der Waals surface area contributed by atoms with Crippen LogP contribution < -0.4 is 5.32 Å². The van der Waals surface area contributed by atoms with Gasteiger partial charge in [0.1, 0.15) is 0 Å². The van der Waals surface area contributed by atoms with Crippen molar-refractivity contribution in [3.8, 4) is 0 Å². The number of nitrogens with one attached hydrogen (secondary N) is 1. The van der Waals surface area contributed by atoms with Crippen LogP contribution in [0.5, 0.6) is 0 Å². The van der Waals surface area contributed by atoms with Crippen molar-refractivity contribution >= 4 is 11.3 Å². The lowest BCUT2D eigenvalue weighted by atomic mass is 10.2. The van der Waals surface area contributed by atoms with E-state index < -0.39 is 0 Å². The van der Waals surface area contributed by atoms with E-state index in [0.29, 0.717) is 0 Å². The lowest BCUT2D eigenvalue weighted by Crippen LogP contribution is -2.27. The molecule has 0 spiro atoms. The van der Waals surface area contributed by atoms with Gasteiger partial charge in [-0.05, 0) is 43.2 Å². The SMILES string of the molecule is Cc1ccsc1CCNC1CCCC1. The second-order valence-electron chi connectivity index (χ2n) is 4.21. The fourth-order valence-corrected chi connectivity index (χ4v) is 3.09. The Morgan fingerprint density at radius 2 is 2.21 bits per heavy atom. The van der Waals surface area contributed by atoms with E-state index in [1.54, 1.807) is 4.88 Å².